The summed E-state index contributed by atoms with van der Waals surface area (Å²) in [5, 5.41) is 9.18. The molecule has 0 saturated heterocycles. The van der Waals surface area contributed by atoms with Gasteiger partial charge in [0.2, 0.25) is 0 Å². The van der Waals surface area contributed by atoms with Crippen molar-refractivity contribution in [3.8, 4) is 0 Å². The van der Waals surface area contributed by atoms with Gasteiger partial charge in [0.25, 0.3) is 0 Å². The Morgan fingerprint density at radius 1 is 1.29 bits per heavy atom. The van der Waals surface area contributed by atoms with Gasteiger partial charge in [-0.25, -0.2) is 0 Å². The first-order chi connectivity index (χ1) is 6.84. The maximum Gasteiger partial charge on any atom is 0.0946 e. The molecule has 0 unspecified atom stereocenters. The molecule has 0 fully saturated rings. The Kier molecular flexibility index (Phi) is 2.74. The lowest BCUT2D eigenvalue weighted by atomic mass is 10.2. The van der Waals surface area contributed by atoms with Crippen LogP contribution in [-0.4, -0.2) is 9.59 Å². The number of hydrogen-bond donors (Lipinski definition) is 1. The molecular formula is C10H11N3S. The van der Waals surface area contributed by atoms with Crippen LogP contribution in [0.5, 0.6) is 0 Å². The highest BCUT2D eigenvalue weighted by Gasteiger charge is 1.95. The Balaban J connectivity index is 1.95. The SMILES string of the molecule is Cc1ccc(NCc2csnn2)cc1. The monoisotopic (exact) mass is 205 g/mol. The number of nitrogens with one attached hydrogen (secondary N) is 1. The summed E-state index contributed by atoms with van der Waals surface area (Å²) >= 11 is 1.38. The number of nitrogens with zero attached hydrogens (tertiary/aromatic N) is 2. The van der Waals surface area contributed by atoms with Crippen LogP contribution in [0.4, 0.5) is 5.69 Å². The fraction of sp³-hybridized carbons (Fsp3) is 0.200. The van der Waals surface area contributed by atoms with Crippen molar-refractivity contribution in [2.24, 2.45) is 0 Å². The zero-order chi connectivity index (χ0) is 9.80. The van der Waals surface area contributed by atoms with E-state index in [1.165, 1.54) is 17.1 Å². The Labute approximate surface area is 87.0 Å². The highest BCUT2D eigenvalue weighted by Crippen LogP contribution is 2.09. The zero-order valence-electron chi connectivity index (χ0n) is 7.90. The molecule has 3 nitrogen and oxygen atoms in total. The van der Waals surface area contributed by atoms with Crippen LogP contribution in [-0.2, 0) is 6.54 Å². The molecule has 0 radical (unpaired) electrons. The van der Waals surface area contributed by atoms with Gasteiger partial charge in [-0.3, -0.25) is 0 Å². The Morgan fingerprint density at radius 3 is 2.71 bits per heavy atom. The summed E-state index contributed by atoms with van der Waals surface area (Å²) in [5.41, 5.74) is 3.37. The van der Waals surface area contributed by atoms with E-state index < -0.39 is 0 Å². The van der Waals surface area contributed by atoms with E-state index in [-0.39, 0.29) is 0 Å². The Hall–Kier alpha value is -1.42. The smallest absolute Gasteiger partial charge is 0.0946 e. The highest BCUT2D eigenvalue weighted by atomic mass is 32.1. The van der Waals surface area contributed by atoms with Crippen LogP contribution in [0.15, 0.2) is 29.6 Å². The molecule has 1 heterocycles. The molecule has 1 aromatic heterocycles. The largest absolute Gasteiger partial charge is 0.379 e. The summed E-state index contributed by atoms with van der Waals surface area (Å²) in [6.45, 7) is 2.81. The van der Waals surface area contributed by atoms with E-state index in [0.717, 1.165) is 17.9 Å². The number of hydrogen-bond acceptors (Lipinski definition) is 4. The molecule has 0 atom stereocenters. The third-order valence-electron chi connectivity index (χ3n) is 1.93. The molecular weight excluding hydrogens is 194 g/mol. The van der Waals surface area contributed by atoms with Gasteiger partial charge in [0.05, 0.1) is 12.2 Å². The normalized spacial score (nSPS) is 10.1. The second-order valence-electron chi connectivity index (χ2n) is 3.12. The zero-order valence-corrected chi connectivity index (χ0v) is 8.71. The van der Waals surface area contributed by atoms with E-state index in [9.17, 15) is 0 Å². The fourth-order valence-electron chi connectivity index (χ4n) is 1.13. The highest BCUT2D eigenvalue weighted by molar-refractivity contribution is 7.03. The van der Waals surface area contributed by atoms with E-state index in [1.807, 2.05) is 5.38 Å². The Bertz CT molecular complexity index is 380. The van der Waals surface area contributed by atoms with Gasteiger partial charge in [-0.15, -0.1) is 5.10 Å². The number of benzene rings is 1. The standard InChI is InChI=1S/C10H11N3S/c1-8-2-4-9(5-3-8)11-6-10-7-14-13-12-10/h2-5,7,11H,6H2,1H3. The quantitative estimate of drug-likeness (QED) is 0.836. The van der Waals surface area contributed by atoms with Gasteiger partial charge in [-0.05, 0) is 30.6 Å². The average molecular weight is 205 g/mol. The summed E-state index contributed by atoms with van der Waals surface area (Å²) in [7, 11) is 0. The topological polar surface area (TPSA) is 37.8 Å². The number of anilines is 1. The van der Waals surface area contributed by atoms with Crippen LogP contribution in [0.1, 0.15) is 11.3 Å². The minimum absolute atomic E-state index is 0.736. The van der Waals surface area contributed by atoms with Gasteiger partial charge in [0.15, 0.2) is 0 Å². The van der Waals surface area contributed by atoms with E-state index >= 15 is 0 Å². The molecule has 1 N–H and O–H groups in total. The van der Waals surface area contributed by atoms with Gasteiger partial charge in [-0.2, -0.15) is 0 Å². The van der Waals surface area contributed by atoms with Crippen molar-refractivity contribution >= 4 is 17.2 Å². The molecule has 2 aromatic rings. The molecule has 72 valence electrons. The molecule has 0 amide bonds. The number of rotatable bonds is 3. The van der Waals surface area contributed by atoms with Crippen molar-refractivity contribution in [1.82, 2.24) is 9.59 Å². The predicted octanol–water partition coefficient (Wildman–Crippen LogP) is 2.46. The van der Waals surface area contributed by atoms with Crippen molar-refractivity contribution in [2.75, 3.05) is 5.32 Å². The summed E-state index contributed by atoms with van der Waals surface area (Å²) < 4.78 is 3.80. The third kappa shape index (κ3) is 2.29. The van der Waals surface area contributed by atoms with E-state index in [4.69, 9.17) is 0 Å². The molecule has 1 aromatic carbocycles. The van der Waals surface area contributed by atoms with E-state index in [2.05, 4.69) is 46.1 Å². The molecule has 0 spiro atoms. The predicted molar refractivity (Wildman–Crippen MR) is 58.4 cm³/mol. The van der Waals surface area contributed by atoms with E-state index in [1.54, 1.807) is 0 Å². The molecule has 0 bridgehead atoms. The summed E-state index contributed by atoms with van der Waals surface area (Å²) in [6, 6.07) is 8.30. The van der Waals surface area contributed by atoms with Crippen LogP contribution in [0, 0.1) is 6.92 Å². The number of aromatic nitrogens is 2. The van der Waals surface area contributed by atoms with Gasteiger partial charge in [0.1, 0.15) is 0 Å². The van der Waals surface area contributed by atoms with Crippen molar-refractivity contribution in [3.05, 3.63) is 40.9 Å². The Morgan fingerprint density at radius 2 is 2.07 bits per heavy atom. The first-order valence-electron chi connectivity index (χ1n) is 4.41. The van der Waals surface area contributed by atoms with Crippen LogP contribution in [0.25, 0.3) is 0 Å². The summed E-state index contributed by atoms with van der Waals surface area (Å²) in [4.78, 5) is 0. The molecule has 0 aliphatic rings. The third-order valence-corrected chi connectivity index (χ3v) is 2.48. The molecule has 0 aliphatic heterocycles. The van der Waals surface area contributed by atoms with Crippen LogP contribution in [0.2, 0.25) is 0 Å². The first kappa shape index (κ1) is 9.15. The lowest BCUT2D eigenvalue weighted by Gasteiger charge is -2.03. The van der Waals surface area contributed by atoms with Crippen molar-refractivity contribution < 1.29 is 0 Å². The van der Waals surface area contributed by atoms with Crippen molar-refractivity contribution in [1.29, 1.82) is 0 Å². The number of aryl methyl sites for hydroxylation is 1. The van der Waals surface area contributed by atoms with Gasteiger partial charge in [0, 0.05) is 11.1 Å². The fourth-order valence-corrected chi connectivity index (χ4v) is 1.58. The summed E-state index contributed by atoms with van der Waals surface area (Å²) in [5.74, 6) is 0. The second-order valence-corrected chi connectivity index (χ2v) is 3.73. The van der Waals surface area contributed by atoms with Crippen LogP contribution < -0.4 is 5.32 Å². The van der Waals surface area contributed by atoms with Gasteiger partial charge >= 0.3 is 0 Å². The summed E-state index contributed by atoms with van der Waals surface area (Å²) in [6.07, 6.45) is 0. The van der Waals surface area contributed by atoms with Crippen molar-refractivity contribution in [3.63, 3.8) is 0 Å². The van der Waals surface area contributed by atoms with Crippen molar-refractivity contribution in [2.45, 2.75) is 13.5 Å². The first-order valence-corrected chi connectivity index (χ1v) is 5.25. The van der Waals surface area contributed by atoms with Gasteiger partial charge in [-0.1, -0.05) is 22.2 Å². The molecule has 14 heavy (non-hydrogen) atoms. The molecule has 2 rings (SSSR count). The maximum atomic E-state index is 3.95. The molecule has 4 heteroatoms. The lowest BCUT2D eigenvalue weighted by molar-refractivity contribution is 0.999. The van der Waals surface area contributed by atoms with Crippen LogP contribution in [0.3, 0.4) is 0 Å². The molecule has 0 aliphatic carbocycles. The van der Waals surface area contributed by atoms with Gasteiger partial charge < -0.3 is 5.32 Å². The minimum atomic E-state index is 0.736. The lowest BCUT2D eigenvalue weighted by Crippen LogP contribution is -1.99. The second kappa shape index (κ2) is 4.19. The average Bonchev–Trinajstić information content (AvgIpc) is 2.70. The minimum Gasteiger partial charge on any atom is -0.379 e. The van der Waals surface area contributed by atoms with Crippen LogP contribution >= 0.6 is 11.5 Å². The maximum absolute atomic E-state index is 3.95. The van der Waals surface area contributed by atoms with E-state index in [0.29, 0.717) is 0 Å². The molecule has 0 saturated carbocycles.